The summed E-state index contributed by atoms with van der Waals surface area (Å²) in [5.74, 6) is -0.293. The maximum absolute atomic E-state index is 13.2. The van der Waals surface area contributed by atoms with E-state index in [1.165, 1.54) is 27.5 Å². The van der Waals surface area contributed by atoms with Gasteiger partial charge in [0.25, 0.3) is 0 Å². The van der Waals surface area contributed by atoms with Gasteiger partial charge in [0.05, 0.1) is 10.7 Å². The summed E-state index contributed by atoms with van der Waals surface area (Å²) in [5.41, 5.74) is 1.82. The Hall–Kier alpha value is -1.84. The third-order valence-electron chi connectivity index (χ3n) is 3.10. The van der Waals surface area contributed by atoms with E-state index >= 15 is 0 Å². The molecule has 0 aliphatic rings. The Balaban J connectivity index is 1.72. The van der Waals surface area contributed by atoms with Crippen LogP contribution in [0.2, 0.25) is 5.02 Å². The second-order valence-electron chi connectivity index (χ2n) is 4.61. The fraction of sp³-hybridized carbons (Fsp3) is 0.0588. The third-order valence-corrected chi connectivity index (χ3v) is 4.57. The first-order valence-electron chi connectivity index (χ1n) is 6.55. The molecule has 0 spiro atoms. The van der Waals surface area contributed by atoms with Crippen LogP contribution < -0.4 is 5.32 Å². The van der Waals surface area contributed by atoms with Crippen molar-refractivity contribution in [2.75, 3.05) is 5.32 Å². The molecule has 106 valence electrons. The van der Waals surface area contributed by atoms with Gasteiger partial charge in [-0.15, -0.1) is 11.3 Å². The van der Waals surface area contributed by atoms with Gasteiger partial charge in [-0.1, -0.05) is 41.9 Å². The highest BCUT2D eigenvalue weighted by atomic mass is 35.5. The Labute approximate surface area is 132 Å². The zero-order valence-corrected chi connectivity index (χ0v) is 12.7. The molecule has 0 aliphatic carbocycles. The van der Waals surface area contributed by atoms with Crippen LogP contribution in [0.4, 0.5) is 10.1 Å². The average Bonchev–Trinajstić information content (AvgIpc) is 2.98. The summed E-state index contributed by atoms with van der Waals surface area (Å²) in [4.78, 5) is 2.40. The molecule has 1 nitrogen and oxygen atoms in total. The largest absolute Gasteiger partial charge is 0.379 e. The number of benzene rings is 2. The van der Waals surface area contributed by atoms with Crippen LogP contribution in [-0.2, 0) is 6.54 Å². The van der Waals surface area contributed by atoms with Crippen molar-refractivity contribution in [1.29, 1.82) is 0 Å². The van der Waals surface area contributed by atoms with Gasteiger partial charge in [0.15, 0.2) is 0 Å². The van der Waals surface area contributed by atoms with E-state index in [0.717, 1.165) is 0 Å². The van der Waals surface area contributed by atoms with Crippen LogP contribution in [0, 0.1) is 5.82 Å². The molecule has 2 aromatic carbocycles. The molecule has 1 N–H and O–H groups in total. The highest BCUT2D eigenvalue weighted by molar-refractivity contribution is 7.15. The van der Waals surface area contributed by atoms with E-state index in [-0.39, 0.29) is 5.82 Å². The standard InChI is InChI=1S/C17H13ClFNS/c18-15-8-6-13(19)10-16(15)20-11-14-7-9-17(21-14)12-4-2-1-3-5-12/h1-10,20H,11H2. The summed E-state index contributed by atoms with van der Waals surface area (Å²) >= 11 is 7.75. The van der Waals surface area contributed by atoms with Crippen LogP contribution in [0.5, 0.6) is 0 Å². The molecule has 0 unspecified atom stereocenters. The molecule has 0 aliphatic heterocycles. The first kappa shape index (κ1) is 14.1. The van der Waals surface area contributed by atoms with Crippen LogP contribution in [0.25, 0.3) is 10.4 Å². The van der Waals surface area contributed by atoms with Gasteiger partial charge >= 0.3 is 0 Å². The number of rotatable bonds is 4. The summed E-state index contributed by atoms with van der Waals surface area (Å²) in [7, 11) is 0. The molecule has 1 heterocycles. The Morgan fingerprint density at radius 2 is 1.81 bits per heavy atom. The van der Waals surface area contributed by atoms with E-state index in [2.05, 4.69) is 29.6 Å². The quantitative estimate of drug-likeness (QED) is 0.639. The number of anilines is 1. The Bertz CT molecular complexity index is 740. The van der Waals surface area contributed by atoms with Gasteiger partial charge in [0, 0.05) is 16.3 Å². The molecule has 21 heavy (non-hydrogen) atoms. The molecular formula is C17H13ClFNS. The van der Waals surface area contributed by atoms with Crippen molar-refractivity contribution < 1.29 is 4.39 Å². The number of nitrogens with one attached hydrogen (secondary N) is 1. The monoisotopic (exact) mass is 317 g/mol. The van der Waals surface area contributed by atoms with Gasteiger partial charge in [0.1, 0.15) is 5.82 Å². The van der Waals surface area contributed by atoms with Crippen LogP contribution >= 0.6 is 22.9 Å². The Kier molecular flexibility index (Phi) is 4.23. The molecule has 3 rings (SSSR count). The van der Waals surface area contributed by atoms with Crippen molar-refractivity contribution in [3.05, 3.63) is 76.4 Å². The van der Waals surface area contributed by atoms with Crippen molar-refractivity contribution in [3.8, 4) is 10.4 Å². The smallest absolute Gasteiger partial charge is 0.125 e. The second kappa shape index (κ2) is 6.29. The fourth-order valence-electron chi connectivity index (χ4n) is 2.05. The SMILES string of the molecule is Fc1ccc(Cl)c(NCc2ccc(-c3ccccc3)s2)c1. The normalized spacial score (nSPS) is 10.6. The topological polar surface area (TPSA) is 12.0 Å². The van der Waals surface area contributed by atoms with E-state index in [0.29, 0.717) is 17.3 Å². The molecule has 0 radical (unpaired) electrons. The van der Waals surface area contributed by atoms with Crippen molar-refractivity contribution in [2.24, 2.45) is 0 Å². The minimum Gasteiger partial charge on any atom is -0.379 e. The number of hydrogen-bond donors (Lipinski definition) is 1. The highest BCUT2D eigenvalue weighted by Gasteiger charge is 2.05. The van der Waals surface area contributed by atoms with Crippen molar-refractivity contribution >= 4 is 28.6 Å². The molecule has 4 heteroatoms. The Morgan fingerprint density at radius 1 is 1.00 bits per heavy atom. The van der Waals surface area contributed by atoms with Crippen LogP contribution in [0.1, 0.15) is 4.88 Å². The van der Waals surface area contributed by atoms with Gasteiger partial charge in [-0.05, 0) is 35.9 Å². The van der Waals surface area contributed by atoms with Gasteiger partial charge in [-0.25, -0.2) is 4.39 Å². The molecule has 0 atom stereocenters. The fourth-order valence-corrected chi connectivity index (χ4v) is 3.18. The molecule has 0 amide bonds. The van der Waals surface area contributed by atoms with Crippen molar-refractivity contribution in [1.82, 2.24) is 0 Å². The lowest BCUT2D eigenvalue weighted by Crippen LogP contribution is -1.98. The average molecular weight is 318 g/mol. The second-order valence-corrected chi connectivity index (χ2v) is 6.19. The number of hydrogen-bond acceptors (Lipinski definition) is 2. The third kappa shape index (κ3) is 3.43. The van der Waals surface area contributed by atoms with Crippen LogP contribution in [-0.4, -0.2) is 0 Å². The van der Waals surface area contributed by atoms with Gasteiger partial charge < -0.3 is 5.32 Å². The van der Waals surface area contributed by atoms with Gasteiger partial charge in [-0.3, -0.25) is 0 Å². The summed E-state index contributed by atoms with van der Waals surface area (Å²) in [5, 5.41) is 3.70. The van der Waals surface area contributed by atoms with Crippen molar-refractivity contribution in [3.63, 3.8) is 0 Å². The van der Waals surface area contributed by atoms with Gasteiger partial charge in [0.2, 0.25) is 0 Å². The predicted molar refractivity (Wildman–Crippen MR) is 88.5 cm³/mol. The summed E-state index contributed by atoms with van der Waals surface area (Å²) in [6.45, 7) is 0.626. The summed E-state index contributed by atoms with van der Waals surface area (Å²) in [6, 6.07) is 18.7. The molecule has 0 bridgehead atoms. The van der Waals surface area contributed by atoms with Gasteiger partial charge in [-0.2, -0.15) is 0 Å². The number of thiophene rings is 1. The lowest BCUT2D eigenvalue weighted by atomic mass is 10.2. The lowest BCUT2D eigenvalue weighted by molar-refractivity contribution is 0.628. The van der Waals surface area contributed by atoms with E-state index in [1.54, 1.807) is 17.4 Å². The minimum atomic E-state index is -0.293. The maximum atomic E-state index is 13.2. The van der Waals surface area contributed by atoms with E-state index in [1.807, 2.05) is 18.2 Å². The first-order chi connectivity index (χ1) is 10.2. The zero-order valence-electron chi connectivity index (χ0n) is 11.1. The van der Waals surface area contributed by atoms with E-state index in [9.17, 15) is 4.39 Å². The maximum Gasteiger partial charge on any atom is 0.125 e. The molecule has 0 saturated carbocycles. The predicted octanol–water partition coefficient (Wildman–Crippen LogP) is 5.82. The first-order valence-corrected chi connectivity index (χ1v) is 7.75. The molecule has 0 saturated heterocycles. The number of halogens is 2. The lowest BCUT2D eigenvalue weighted by Gasteiger charge is -2.07. The molecule has 0 fully saturated rings. The van der Waals surface area contributed by atoms with Crippen molar-refractivity contribution in [2.45, 2.75) is 6.54 Å². The zero-order chi connectivity index (χ0) is 14.7. The Morgan fingerprint density at radius 3 is 2.62 bits per heavy atom. The summed E-state index contributed by atoms with van der Waals surface area (Å²) < 4.78 is 13.2. The minimum absolute atomic E-state index is 0.293. The molecular weight excluding hydrogens is 305 g/mol. The van der Waals surface area contributed by atoms with Crippen LogP contribution in [0.15, 0.2) is 60.7 Å². The van der Waals surface area contributed by atoms with E-state index < -0.39 is 0 Å². The van der Waals surface area contributed by atoms with Crippen LogP contribution in [0.3, 0.4) is 0 Å². The molecule has 3 aromatic rings. The summed E-state index contributed by atoms with van der Waals surface area (Å²) in [6.07, 6.45) is 0. The van der Waals surface area contributed by atoms with E-state index in [4.69, 9.17) is 11.6 Å². The highest BCUT2D eigenvalue weighted by Crippen LogP contribution is 2.29. The molecule has 1 aromatic heterocycles.